The number of hydrogen-bond donors (Lipinski definition) is 1. The summed E-state index contributed by atoms with van der Waals surface area (Å²) in [5, 5.41) is 3.01. The average molecular weight is 393 g/mol. The van der Waals surface area contributed by atoms with E-state index >= 15 is 0 Å². The van der Waals surface area contributed by atoms with E-state index in [-0.39, 0.29) is 5.91 Å². The van der Waals surface area contributed by atoms with Crippen LogP contribution < -0.4 is 5.32 Å². The number of amides is 1. The Labute approximate surface area is 176 Å². The van der Waals surface area contributed by atoms with Crippen molar-refractivity contribution in [1.29, 1.82) is 0 Å². The molecule has 1 aromatic rings. The van der Waals surface area contributed by atoms with Crippen LogP contribution in [-0.4, -0.2) is 10.9 Å². The predicted octanol–water partition coefficient (Wildman–Crippen LogP) is 5.71. The molecule has 3 rings (SSSR count). The molecule has 0 radical (unpaired) electrons. The minimum absolute atomic E-state index is 0.00956. The zero-order chi connectivity index (χ0) is 20.8. The number of aromatic nitrogens is 1. The van der Waals surface area contributed by atoms with Gasteiger partial charge in [0.2, 0.25) is 5.91 Å². The molecule has 1 heterocycles. The molecule has 0 bridgehead atoms. The van der Waals surface area contributed by atoms with Crippen molar-refractivity contribution in [3.8, 4) is 0 Å². The number of rotatable bonds is 6. The summed E-state index contributed by atoms with van der Waals surface area (Å²) in [6, 6.07) is 3.87. The molecular weight excluding hydrogens is 356 g/mol. The number of carbonyl (C=O) groups is 1. The Morgan fingerprint density at radius 1 is 1.24 bits per heavy atom. The molecule has 0 spiro atoms. The number of fused-ring (bicyclic) bond motifs is 1. The molecule has 1 amide bonds. The second-order valence-corrected chi connectivity index (χ2v) is 9.09. The summed E-state index contributed by atoms with van der Waals surface area (Å²) in [6.07, 6.45) is 18.3. The van der Waals surface area contributed by atoms with Crippen molar-refractivity contribution in [2.75, 3.05) is 0 Å². The van der Waals surface area contributed by atoms with E-state index in [2.05, 4.69) is 55.4 Å². The Balaban J connectivity index is 1.65. The highest BCUT2D eigenvalue weighted by molar-refractivity contribution is 5.93. The molecule has 0 aromatic carbocycles. The number of hydrogen-bond acceptors (Lipinski definition) is 2. The molecule has 0 saturated heterocycles. The standard InChI is InChI=1S/C26H36N2O/c1-5-22(26(29)28-17-21-8-7-13-27-16-21)9-6-10-24-19(3)11-12-23-15-18(2)14-20(4)25(23)24/h6-13,16,18-20,23-25H,5,14-15,17H2,1-4H3,(H,28,29)/b10-6+,22-9+/t18-,19-,20+,23?,24-,25-/m0/s1. The van der Waals surface area contributed by atoms with Gasteiger partial charge in [0, 0.05) is 24.5 Å². The third-order valence-electron chi connectivity index (χ3n) is 6.79. The van der Waals surface area contributed by atoms with Gasteiger partial charge in [0.05, 0.1) is 0 Å². The van der Waals surface area contributed by atoms with Crippen molar-refractivity contribution >= 4 is 5.91 Å². The van der Waals surface area contributed by atoms with Crippen LogP contribution in [0.2, 0.25) is 0 Å². The summed E-state index contributed by atoms with van der Waals surface area (Å²) in [5.74, 6) is 4.13. The Hall–Kier alpha value is -2.16. The first-order chi connectivity index (χ1) is 14.0. The monoisotopic (exact) mass is 392 g/mol. The van der Waals surface area contributed by atoms with E-state index in [4.69, 9.17) is 0 Å². The van der Waals surface area contributed by atoms with Crippen molar-refractivity contribution in [1.82, 2.24) is 10.3 Å². The van der Waals surface area contributed by atoms with Crippen LogP contribution in [0.4, 0.5) is 0 Å². The lowest BCUT2D eigenvalue weighted by molar-refractivity contribution is -0.117. The second-order valence-electron chi connectivity index (χ2n) is 9.09. The summed E-state index contributed by atoms with van der Waals surface area (Å²) < 4.78 is 0. The van der Waals surface area contributed by atoms with Gasteiger partial charge < -0.3 is 5.32 Å². The molecule has 1 unspecified atom stereocenters. The van der Waals surface area contributed by atoms with E-state index in [0.717, 1.165) is 35.3 Å². The summed E-state index contributed by atoms with van der Waals surface area (Å²) >= 11 is 0. The highest BCUT2D eigenvalue weighted by Gasteiger charge is 2.40. The van der Waals surface area contributed by atoms with E-state index in [1.54, 1.807) is 12.4 Å². The normalized spacial score (nSPS) is 32.2. The van der Waals surface area contributed by atoms with Crippen LogP contribution in [-0.2, 0) is 11.3 Å². The van der Waals surface area contributed by atoms with Crippen LogP contribution in [0.25, 0.3) is 0 Å². The van der Waals surface area contributed by atoms with Crippen LogP contribution in [0, 0.1) is 35.5 Å². The maximum atomic E-state index is 12.6. The highest BCUT2D eigenvalue weighted by atomic mass is 16.1. The zero-order valence-electron chi connectivity index (χ0n) is 18.3. The number of allylic oxidation sites excluding steroid dienone is 5. The molecular formula is C26H36N2O. The quantitative estimate of drug-likeness (QED) is 0.383. The molecule has 6 atom stereocenters. The van der Waals surface area contributed by atoms with Crippen molar-refractivity contribution < 1.29 is 4.79 Å². The van der Waals surface area contributed by atoms with Gasteiger partial charge in [-0.15, -0.1) is 0 Å². The van der Waals surface area contributed by atoms with E-state index in [1.807, 2.05) is 25.1 Å². The Bertz CT molecular complexity index is 764. The van der Waals surface area contributed by atoms with E-state index in [9.17, 15) is 4.79 Å². The van der Waals surface area contributed by atoms with Crippen LogP contribution >= 0.6 is 0 Å². The Morgan fingerprint density at radius 3 is 2.79 bits per heavy atom. The molecule has 29 heavy (non-hydrogen) atoms. The van der Waals surface area contributed by atoms with Gasteiger partial charge in [0.1, 0.15) is 0 Å². The maximum absolute atomic E-state index is 12.6. The summed E-state index contributed by atoms with van der Waals surface area (Å²) in [7, 11) is 0. The van der Waals surface area contributed by atoms with E-state index in [0.29, 0.717) is 24.3 Å². The van der Waals surface area contributed by atoms with E-state index < -0.39 is 0 Å². The molecule has 0 aliphatic heterocycles. The third kappa shape index (κ3) is 5.46. The summed E-state index contributed by atoms with van der Waals surface area (Å²) in [4.78, 5) is 16.7. The minimum Gasteiger partial charge on any atom is -0.348 e. The molecule has 1 N–H and O–H groups in total. The fraction of sp³-hybridized carbons (Fsp3) is 0.538. The second kappa shape index (κ2) is 10.0. The first-order valence-corrected chi connectivity index (χ1v) is 11.2. The molecule has 2 aliphatic rings. The average Bonchev–Trinajstić information content (AvgIpc) is 2.71. The van der Waals surface area contributed by atoms with Gasteiger partial charge in [-0.1, -0.05) is 64.1 Å². The van der Waals surface area contributed by atoms with Crippen LogP contribution in [0.5, 0.6) is 0 Å². The van der Waals surface area contributed by atoms with Gasteiger partial charge in [-0.25, -0.2) is 0 Å². The third-order valence-corrected chi connectivity index (χ3v) is 6.79. The van der Waals surface area contributed by atoms with Crippen molar-refractivity contribution in [3.63, 3.8) is 0 Å². The fourth-order valence-corrected chi connectivity index (χ4v) is 5.36. The van der Waals surface area contributed by atoms with Gasteiger partial charge >= 0.3 is 0 Å². The van der Waals surface area contributed by atoms with Crippen molar-refractivity contribution in [3.05, 3.63) is 66.0 Å². The van der Waals surface area contributed by atoms with Crippen LogP contribution in [0.1, 0.15) is 52.5 Å². The lowest BCUT2D eigenvalue weighted by Gasteiger charge is -2.46. The molecule has 1 aromatic heterocycles. The number of nitrogens with one attached hydrogen (secondary N) is 1. The minimum atomic E-state index is 0.00956. The molecule has 3 heteroatoms. The molecule has 1 saturated carbocycles. The van der Waals surface area contributed by atoms with Gasteiger partial charge in [0.25, 0.3) is 0 Å². The zero-order valence-corrected chi connectivity index (χ0v) is 18.3. The smallest absolute Gasteiger partial charge is 0.247 e. The van der Waals surface area contributed by atoms with E-state index in [1.165, 1.54) is 12.8 Å². The SMILES string of the molecule is CC/C(=C\C=C\[C@@H]1[C@@H]2C(C=C[C@@H]1C)C[C@@H](C)C[C@H]2C)C(=O)NCc1cccnc1. The molecule has 1 fully saturated rings. The van der Waals surface area contributed by atoms with Gasteiger partial charge in [-0.3, -0.25) is 9.78 Å². The highest BCUT2D eigenvalue weighted by Crippen LogP contribution is 2.48. The number of pyridine rings is 1. The largest absolute Gasteiger partial charge is 0.348 e. The topological polar surface area (TPSA) is 42.0 Å². The summed E-state index contributed by atoms with van der Waals surface area (Å²) in [5.41, 5.74) is 1.84. The maximum Gasteiger partial charge on any atom is 0.247 e. The Kier molecular flexibility index (Phi) is 7.46. The van der Waals surface area contributed by atoms with Crippen LogP contribution in [0.15, 0.2) is 60.5 Å². The molecule has 3 nitrogen and oxygen atoms in total. The van der Waals surface area contributed by atoms with Gasteiger partial charge in [-0.05, 0) is 66.4 Å². The summed E-state index contributed by atoms with van der Waals surface area (Å²) in [6.45, 7) is 9.70. The van der Waals surface area contributed by atoms with Crippen LogP contribution in [0.3, 0.4) is 0 Å². The lowest BCUT2D eigenvalue weighted by Crippen LogP contribution is -2.38. The molecule has 2 aliphatic carbocycles. The predicted molar refractivity (Wildman–Crippen MR) is 120 cm³/mol. The lowest BCUT2D eigenvalue weighted by atomic mass is 9.59. The fourth-order valence-electron chi connectivity index (χ4n) is 5.36. The van der Waals surface area contributed by atoms with Gasteiger partial charge in [-0.2, -0.15) is 0 Å². The number of carbonyl (C=O) groups excluding carboxylic acids is 1. The van der Waals surface area contributed by atoms with Gasteiger partial charge in [0.15, 0.2) is 0 Å². The first-order valence-electron chi connectivity index (χ1n) is 11.2. The first kappa shape index (κ1) is 21.5. The molecule has 156 valence electrons. The number of nitrogens with zero attached hydrogens (tertiary/aromatic N) is 1. The Morgan fingerprint density at radius 2 is 2.07 bits per heavy atom. The van der Waals surface area contributed by atoms with Crippen molar-refractivity contribution in [2.24, 2.45) is 35.5 Å². The van der Waals surface area contributed by atoms with Crippen molar-refractivity contribution in [2.45, 2.75) is 53.5 Å².